The van der Waals surface area contributed by atoms with Crippen LogP contribution < -0.4 is 10.0 Å². The van der Waals surface area contributed by atoms with Crippen LogP contribution in [0.4, 0.5) is 11.4 Å². The van der Waals surface area contributed by atoms with E-state index < -0.39 is 15.9 Å². The van der Waals surface area contributed by atoms with Crippen LogP contribution in [0.15, 0.2) is 65.6 Å². The van der Waals surface area contributed by atoms with E-state index in [-0.39, 0.29) is 21.9 Å². The molecule has 0 aromatic heterocycles. The Kier molecular flexibility index (Phi) is 5.61. The van der Waals surface area contributed by atoms with Crippen molar-refractivity contribution in [2.75, 3.05) is 10.0 Å². The Hall–Kier alpha value is -3.32. The number of aromatic hydroxyl groups is 1. The SMILES string of the molecule is Cc1ccc(NC(=O)c2cc(S(=O)(=O)Nc3ccccc3C)ccc2C)c(O)c1. The molecular weight excluding hydrogens is 388 g/mol. The monoisotopic (exact) mass is 410 g/mol. The molecule has 3 rings (SSSR count). The molecule has 0 heterocycles. The average molecular weight is 410 g/mol. The summed E-state index contributed by atoms with van der Waals surface area (Å²) < 4.78 is 28.2. The first-order valence-electron chi connectivity index (χ1n) is 8.97. The number of anilines is 2. The highest BCUT2D eigenvalue weighted by molar-refractivity contribution is 7.92. The Balaban J connectivity index is 1.91. The molecule has 0 unspecified atom stereocenters. The Morgan fingerprint density at radius 2 is 1.59 bits per heavy atom. The van der Waals surface area contributed by atoms with Crippen LogP contribution in [0.25, 0.3) is 0 Å². The molecule has 0 bridgehead atoms. The first-order chi connectivity index (χ1) is 13.7. The third-order valence-corrected chi connectivity index (χ3v) is 5.92. The summed E-state index contributed by atoms with van der Waals surface area (Å²) in [5, 5.41) is 12.6. The molecule has 0 saturated carbocycles. The summed E-state index contributed by atoms with van der Waals surface area (Å²) in [6.07, 6.45) is 0. The summed E-state index contributed by atoms with van der Waals surface area (Å²) in [7, 11) is -3.87. The molecule has 0 aliphatic rings. The molecule has 1 amide bonds. The van der Waals surface area contributed by atoms with Gasteiger partial charge in [-0.05, 0) is 67.8 Å². The topological polar surface area (TPSA) is 95.5 Å². The van der Waals surface area contributed by atoms with Crippen molar-refractivity contribution in [3.8, 4) is 5.75 Å². The molecule has 3 aromatic rings. The van der Waals surface area contributed by atoms with Gasteiger partial charge in [-0.15, -0.1) is 0 Å². The summed E-state index contributed by atoms with van der Waals surface area (Å²) in [6.45, 7) is 5.35. The van der Waals surface area contributed by atoms with Crippen LogP contribution in [0.3, 0.4) is 0 Å². The standard InChI is InChI=1S/C22H22N2O4S/c1-14-8-11-20(21(25)12-14)23-22(26)18-13-17(10-9-15(18)2)29(27,28)24-19-7-5-4-6-16(19)3/h4-13,24-25H,1-3H3,(H,23,26). The normalized spacial score (nSPS) is 11.1. The molecular formula is C22H22N2O4S. The number of hydrogen-bond donors (Lipinski definition) is 3. The van der Waals surface area contributed by atoms with Crippen molar-refractivity contribution in [3.05, 3.63) is 82.9 Å². The second-order valence-corrected chi connectivity index (χ2v) is 8.55. The van der Waals surface area contributed by atoms with E-state index in [1.807, 2.05) is 13.0 Å². The van der Waals surface area contributed by atoms with Gasteiger partial charge in [0.15, 0.2) is 0 Å². The number of nitrogens with one attached hydrogen (secondary N) is 2. The van der Waals surface area contributed by atoms with Crippen LogP contribution in [0.1, 0.15) is 27.0 Å². The average Bonchev–Trinajstić information content (AvgIpc) is 2.66. The lowest BCUT2D eigenvalue weighted by molar-refractivity contribution is 0.102. The number of sulfonamides is 1. The number of amides is 1. The molecule has 0 aliphatic heterocycles. The quantitative estimate of drug-likeness (QED) is 0.544. The second-order valence-electron chi connectivity index (χ2n) is 6.87. The van der Waals surface area contributed by atoms with Crippen molar-refractivity contribution in [2.24, 2.45) is 0 Å². The summed E-state index contributed by atoms with van der Waals surface area (Å²) >= 11 is 0. The van der Waals surface area contributed by atoms with E-state index >= 15 is 0 Å². The number of carbonyl (C=O) groups excluding carboxylic acids is 1. The van der Waals surface area contributed by atoms with E-state index in [1.54, 1.807) is 50.2 Å². The number of rotatable bonds is 5. The highest BCUT2D eigenvalue weighted by atomic mass is 32.2. The van der Waals surface area contributed by atoms with Gasteiger partial charge in [0, 0.05) is 5.56 Å². The molecule has 0 radical (unpaired) electrons. The van der Waals surface area contributed by atoms with Crippen LogP contribution in [0, 0.1) is 20.8 Å². The van der Waals surface area contributed by atoms with E-state index in [1.165, 1.54) is 18.2 Å². The van der Waals surface area contributed by atoms with E-state index in [9.17, 15) is 18.3 Å². The molecule has 6 nitrogen and oxygen atoms in total. The first kappa shape index (κ1) is 20.4. The van der Waals surface area contributed by atoms with Gasteiger partial charge in [0.1, 0.15) is 5.75 Å². The maximum absolute atomic E-state index is 12.8. The van der Waals surface area contributed by atoms with Gasteiger partial charge in [-0.1, -0.05) is 30.3 Å². The second kappa shape index (κ2) is 7.97. The Labute approximate surface area is 170 Å². The summed E-state index contributed by atoms with van der Waals surface area (Å²) in [6, 6.07) is 16.3. The number of carbonyl (C=O) groups is 1. The van der Waals surface area contributed by atoms with E-state index in [4.69, 9.17) is 0 Å². The van der Waals surface area contributed by atoms with E-state index in [0.717, 1.165) is 11.1 Å². The molecule has 0 aliphatic carbocycles. The summed E-state index contributed by atoms with van der Waals surface area (Å²) in [5.74, 6) is -0.560. The van der Waals surface area contributed by atoms with Gasteiger partial charge >= 0.3 is 0 Å². The molecule has 0 spiro atoms. The number of hydrogen-bond acceptors (Lipinski definition) is 4. The lowest BCUT2D eigenvalue weighted by Gasteiger charge is -2.13. The van der Waals surface area contributed by atoms with Gasteiger partial charge in [-0.25, -0.2) is 8.42 Å². The van der Waals surface area contributed by atoms with Gasteiger partial charge in [-0.3, -0.25) is 9.52 Å². The largest absolute Gasteiger partial charge is 0.506 e. The van der Waals surface area contributed by atoms with Crippen LogP contribution in [0.5, 0.6) is 5.75 Å². The van der Waals surface area contributed by atoms with Crippen LogP contribution >= 0.6 is 0 Å². The third kappa shape index (κ3) is 4.57. The smallest absolute Gasteiger partial charge is 0.261 e. The molecule has 7 heteroatoms. The van der Waals surface area contributed by atoms with Gasteiger partial charge in [-0.2, -0.15) is 0 Å². The highest BCUT2D eigenvalue weighted by Crippen LogP contribution is 2.26. The van der Waals surface area contributed by atoms with Crippen molar-refractivity contribution in [3.63, 3.8) is 0 Å². The van der Waals surface area contributed by atoms with Crippen molar-refractivity contribution in [1.29, 1.82) is 0 Å². The Morgan fingerprint density at radius 1 is 0.862 bits per heavy atom. The first-order valence-corrected chi connectivity index (χ1v) is 10.5. The van der Waals surface area contributed by atoms with Crippen molar-refractivity contribution in [1.82, 2.24) is 0 Å². The lowest BCUT2D eigenvalue weighted by atomic mass is 10.1. The molecule has 3 N–H and O–H groups in total. The maximum atomic E-state index is 12.8. The Bertz CT molecular complexity index is 1190. The summed E-state index contributed by atoms with van der Waals surface area (Å²) in [4.78, 5) is 12.7. The maximum Gasteiger partial charge on any atom is 0.261 e. The van der Waals surface area contributed by atoms with E-state index in [0.29, 0.717) is 11.3 Å². The minimum absolute atomic E-state index is 0.0235. The zero-order valence-electron chi connectivity index (χ0n) is 16.4. The van der Waals surface area contributed by atoms with Gasteiger partial charge < -0.3 is 10.4 Å². The molecule has 3 aromatic carbocycles. The van der Waals surface area contributed by atoms with Crippen LogP contribution in [-0.2, 0) is 10.0 Å². The summed E-state index contributed by atoms with van der Waals surface area (Å²) in [5.41, 5.74) is 3.19. The van der Waals surface area contributed by atoms with Gasteiger partial charge in [0.05, 0.1) is 16.3 Å². The molecule has 150 valence electrons. The fourth-order valence-electron chi connectivity index (χ4n) is 2.84. The highest BCUT2D eigenvalue weighted by Gasteiger charge is 2.19. The number of phenols is 1. The zero-order chi connectivity index (χ0) is 21.2. The predicted molar refractivity (Wildman–Crippen MR) is 114 cm³/mol. The van der Waals surface area contributed by atoms with Gasteiger partial charge in [0.25, 0.3) is 15.9 Å². The minimum atomic E-state index is -3.87. The molecule has 0 saturated heterocycles. The van der Waals surface area contributed by atoms with Crippen LogP contribution in [-0.4, -0.2) is 19.4 Å². The molecule has 0 fully saturated rings. The lowest BCUT2D eigenvalue weighted by Crippen LogP contribution is -2.17. The van der Waals surface area contributed by atoms with Gasteiger partial charge in [0.2, 0.25) is 0 Å². The fourth-order valence-corrected chi connectivity index (χ4v) is 4.00. The number of phenolic OH excluding ortho intramolecular Hbond substituents is 1. The van der Waals surface area contributed by atoms with E-state index in [2.05, 4.69) is 10.0 Å². The zero-order valence-corrected chi connectivity index (χ0v) is 17.2. The number of benzene rings is 3. The van der Waals surface area contributed by atoms with Crippen LogP contribution in [0.2, 0.25) is 0 Å². The van der Waals surface area contributed by atoms with Crippen molar-refractivity contribution < 1.29 is 18.3 Å². The molecule has 29 heavy (non-hydrogen) atoms. The Morgan fingerprint density at radius 3 is 2.28 bits per heavy atom. The fraction of sp³-hybridized carbons (Fsp3) is 0.136. The minimum Gasteiger partial charge on any atom is -0.506 e. The number of aryl methyl sites for hydroxylation is 3. The molecule has 0 atom stereocenters. The third-order valence-electron chi connectivity index (χ3n) is 4.55. The van der Waals surface area contributed by atoms with Crippen molar-refractivity contribution >= 4 is 27.3 Å². The van der Waals surface area contributed by atoms with Crippen molar-refractivity contribution in [2.45, 2.75) is 25.7 Å². The number of para-hydroxylation sites is 1. The predicted octanol–water partition coefficient (Wildman–Crippen LogP) is 4.37.